The second-order valence-electron chi connectivity index (χ2n) is 8.02. The molecular formula is C23H30N2O10S. The summed E-state index contributed by atoms with van der Waals surface area (Å²) < 4.78 is 33.8. The van der Waals surface area contributed by atoms with Gasteiger partial charge in [-0.15, -0.1) is 0 Å². The minimum atomic E-state index is -1.40. The molecule has 2 atom stereocenters. The van der Waals surface area contributed by atoms with E-state index in [1.165, 1.54) is 4.90 Å². The number of fused-ring (bicyclic) bond motifs is 1. The number of ether oxygens (including phenoxy) is 4. The summed E-state index contributed by atoms with van der Waals surface area (Å²) in [6.45, 7) is 1.87. The quantitative estimate of drug-likeness (QED) is 0.166. The Morgan fingerprint density at radius 3 is 2.31 bits per heavy atom. The fraction of sp³-hybridized carbons (Fsp3) is 0.565. The molecule has 1 aromatic rings. The normalized spacial score (nSPS) is 18.3. The van der Waals surface area contributed by atoms with Crippen LogP contribution in [0.4, 0.5) is 0 Å². The van der Waals surface area contributed by atoms with Crippen molar-refractivity contribution < 1.29 is 47.8 Å². The van der Waals surface area contributed by atoms with Gasteiger partial charge in [0.05, 0.1) is 52.8 Å². The van der Waals surface area contributed by atoms with E-state index in [1.54, 1.807) is 18.2 Å². The Morgan fingerprint density at radius 1 is 1.03 bits per heavy atom. The minimum Gasteiger partial charge on any atom is -0.611 e. The Labute approximate surface area is 211 Å². The first-order valence-corrected chi connectivity index (χ1v) is 12.9. The van der Waals surface area contributed by atoms with Gasteiger partial charge in [-0.3, -0.25) is 19.7 Å². The monoisotopic (exact) mass is 526 g/mol. The average Bonchev–Trinajstić information content (AvgIpc) is 3.18. The van der Waals surface area contributed by atoms with Crippen molar-refractivity contribution in [2.24, 2.45) is 0 Å². The molecule has 12 nitrogen and oxygen atoms in total. The first kappa shape index (κ1) is 28.0. The number of carboxylic acid groups (broad SMARTS) is 1. The second-order valence-corrected chi connectivity index (χ2v) is 9.55. The van der Waals surface area contributed by atoms with E-state index in [2.05, 4.69) is 5.32 Å². The predicted molar refractivity (Wildman–Crippen MR) is 125 cm³/mol. The highest BCUT2D eigenvalue weighted by Crippen LogP contribution is 2.32. The summed E-state index contributed by atoms with van der Waals surface area (Å²) in [5, 5.41) is 10.7. The maximum absolute atomic E-state index is 12.9. The highest BCUT2D eigenvalue weighted by molar-refractivity contribution is 7.91. The van der Waals surface area contributed by atoms with Gasteiger partial charge in [0.15, 0.2) is 4.90 Å². The third kappa shape index (κ3) is 7.98. The van der Waals surface area contributed by atoms with Crippen LogP contribution in [-0.4, -0.2) is 103 Å². The molecule has 1 saturated heterocycles. The standard InChI is InChI=1S/C23H30N2O10S/c26-20-5-4-18(22(29)24-20)25-14-17-16(23(25)30)2-1-3-19(17)36(31)13-12-34-9-8-32-6-7-33-10-11-35-15-21(27)28/h1-3,18H,4-15H2,(H,27,28)(H,24,26,29). The fourth-order valence-electron chi connectivity index (χ4n) is 3.83. The molecule has 0 bridgehead atoms. The number of imide groups is 1. The zero-order valence-electron chi connectivity index (χ0n) is 19.8. The van der Waals surface area contributed by atoms with Crippen LogP contribution in [0.5, 0.6) is 0 Å². The van der Waals surface area contributed by atoms with Crippen LogP contribution < -0.4 is 5.32 Å². The zero-order valence-corrected chi connectivity index (χ0v) is 20.6. The van der Waals surface area contributed by atoms with Crippen molar-refractivity contribution in [1.29, 1.82) is 0 Å². The summed E-state index contributed by atoms with van der Waals surface area (Å²) in [4.78, 5) is 48.8. The largest absolute Gasteiger partial charge is 0.611 e. The van der Waals surface area contributed by atoms with Gasteiger partial charge in [0.25, 0.3) is 5.91 Å². The molecule has 3 rings (SSSR count). The predicted octanol–water partition coefficient (Wildman–Crippen LogP) is -0.294. The number of amides is 3. The summed E-state index contributed by atoms with van der Waals surface area (Å²) in [5.74, 6) is -1.92. The van der Waals surface area contributed by atoms with E-state index in [4.69, 9.17) is 24.1 Å². The Bertz CT molecular complexity index is 943. The summed E-state index contributed by atoms with van der Waals surface area (Å²) in [7, 11) is 0. The lowest BCUT2D eigenvalue weighted by molar-refractivity contribution is -0.143. The fourth-order valence-corrected chi connectivity index (χ4v) is 5.00. The van der Waals surface area contributed by atoms with Crippen molar-refractivity contribution in [2.75, 3.05) is 58.6 Å². The zero-order chi connectivity index (χ0) is 25.9. The number of carboxylic acids is 1. The molecule has 2 aliphatic heterocycles. The molecule has 3 amide bonds. The molecule has 2 N–H and O–H groups in total. The van der Waals surface area contributed by atoms with Gasteiger partial charge >= 0.3 is 5.97 Å². The molecule has 36 heavy (non-hydrogen) atoms. The molecule has 2 unspecified atom stereocenters. The van der Waals surface area contributed by atoms with Gasteiger partial charge < -0.3 is 33.5 Å². The maximum atomic E-state index is 12.9. The molecule has 0 saturated carbocycles. The third-order valence-corrected chi connectivity index (χ3v) is 6.95. The molecule has 0 radical (unpaired) electrons. The number of aliphatic carboxylic acids is 1. The van der Waals surface area contributed by atoms with E-state index in [9.17, 15) is 23.7 Å². The number of nitrogens with one attached hydrogen (secondary N) is 1. The highest BCUT2D eigenvalue weighted by Gasteiger charge is 2.41. The number of carbonyl (C=O) groups is 4. The van der Waals surface area contributed by atoms with Crippen molar-refractivity contribution in [1.82, 2.24) is 10.2 Å². The van der Waals surface area contributed by atoms with E-state index >= 15 is 0 Å². The van der Waals surface area contributed by atoms with Crippen LogP contribution in [0.25, 0.3) is 0 Å². The van der Waals surface area contributed by atoms with Crippen LogP contribution in [-0.2, 0) is 51.1 Å². The number of piperidine rings is 1. The molecule has 0 aliphatic carbocycles. The molecule has 13 heteroatoms. The number of rotatable bonds is 16. The summed E-state index contributed by atoms with van der Waals surface area (Å²) in [5.41, 5.74) is 1.07. The molecular weight excluding hydrogens is 496 g/mol. The van der Waals surface area contributed by atoms with Crippen molar-refractivity contribution in [3.05, 3.63) is 29.3 Å². The number of hydrogen-bond donors (Lipinski definition) is 2. The first-order chi connectivity index (χ1) is 17.4. The minimum absolute atomic E-state index is 0.171. The molecule has 2 aliphatic rings. The van der Waals surface area contributed by atoms with Gasteiger partial charge in [-0.1, -0.05) is 6.07 Å². The number of carbonyl (C=O) groups excluding carboxylic acids is 3. The van der Waals surface area contributed by atoms with Crippen molar-refractivity contribution in [2.45, 2.75) is 30.3 Å². The average molecular weight is 527 g/mol. The second kappa shape index (κ2) is 14.3. The smallest absolute Gasteiger partial charge is 0.329 e. The molecule has 0 aromatic heterocycles. The highest BCUT2D eigenvalue weighted by atomic mass is 32.2. The Hall–Kier alpha value is -2.55. The molecule has 1 aromatic carbocycles. The Kier molecular flexibility index (Phi) is 11.1. The van der Waals surface area contributed by atoms with Crippen LogP contribution in [0.2, 0.25) is 0 Å². The molecule has 1 fully saturated rings. The molecule has 0 spiro atoms. The summed E-state index contributed by atoms with van der Waals surface area (Å²) in [6.07, 6.45) is 0.443. The lowest BCUT2D eigenvalue weighted by atomic mass is 10.0. The molecule has 198 valence electrons. The van der Waals surface area contributed by atoms with Crippen molar-refractivity contribution in [3.63, 3.8) is 0 Å². The van der Waals surface area contributed by atoms with Crippen LogP contribution in [0, 0.1) is 0 Å². The van der Waals surface area contributed by atoms with Gasteiger partial charge in [0.2, 0.25) is 11.8 Å². The SMILES string of the molecule is O=C(O)COCCOCCOCCOCC[S+]([O-])c1cccc2c1CN(C1CCC(=O)NC1=O)C2=O. The van der Waals surface area contributed by atoms with E-state index in [-0.39, 0.29) is 63.4 Å². The van der Waals surface area contributed by atoms with Crippen LogP contribution in [0.1, 0.15) is 28.8 Å². The van der Waals surface area contributed by atoms with Gasteiger partial charge in [0.1, 0.15) is 18.4 Å². The van der Waals surface area contributed by atoms with E-state index in [0.29, 0.717) is 42.4 Å². The lowest BCUT2D eigenvalue weighted by Crippen LogP contribution is -2.52. The topological polar surface area (TPSA) is 164 Å². The van der Waals surface area contributed by atoms with E-state index in [0.717, 1.165) is 0 Å². The number of nitrogens with zero attached hydrogens (tertiary/aromatic N) is 1. The Balaban J connectivity index is 1.33. The Morgan fingerprint density at radius 2 is 1.67 bits per heavy atom. The van der Waals surface area contributed by atoms with Crippen molar-refractivity contribution >= 4 is 34.9 Å². The van der Waals surface area contributed by atoms with Gasteiger partial charge in [0, 0.05) is 17.5 Å². The third-order valence-electron chi connectivity index (χ3n) is 5.54. The summed E-state index contributed by atoms with van der Waals surface area (Å²) >= 11 is -1.40. The van der Waals surface area contributed by atoms with Crippen LogP contribution in [0.15, 0.2) is 23.1 Å². The lowest BCUT2D eigenvalue weighted by Gasteiger charge is -2.29. The van der Waals surface area contributed by atoms with Crippen molar-refractivity contribution in [3.8, 4) is 0 Å². The summed E-state index contributed by atoms with van der Waals surface area (Å²) in [6, 6.07) is 4.33. The van der Waals surface area contributed by atoms with Crippen LogP contribution >= 0.6 is 0 Å². The van der Waals surface area contributed by atoms with Gasteiger partial charge in [-0.2, -0.15) is 0 Å². The molecule has 2 heterocycles. The van der Waals surface area contributed by atoms with E-state index < -0.39 is 29.1 Å². The van der Waals surface area contributed by atoms with E-state index in [1.807, 2.05) is 0 Å². The number of hydrogen-bond acceptors (Lipinski definition) is 9. The first-order valence-electron chi connectivity index (χ1n) is 11.6. The van der Waals surface area contributed by atoms with Gasteiger partial charge in [-0.05, 0) is 29.7 Å². The van der Waals surface area contributed by atoms with Gasteiger partial charge in [-0.25, -0.2) is 4.79 Å². The number of benzene rings is 1. The maximum Gasteiger partial charge on any atom is 0.329 e. The van der Waals surface area contributed by atoms with Crippen LogP contribution in [0.3, 0.4) is 0 Å².